The fourth-order valence-electron chi connectivity index (χ4n) is 2.14. The lowest BCUT2D eigenvalue weighted by atomic mass is 10.1. The van der Waals surface area contributed by atoms with Crippen LogP contribution in [0.4, 0.5) is 0 Å². The molecule has 0 aliphatic heterocycles. The summed E-state index contributed by atoms with van der Waals surface area (Å²) in [4.78, 5) is 0. The molecule has 0 saturated heterocycles. The molecule has 17 heavy (non-hydrogen) atoms. The fourth-order valence-corrected chi connectivity index (χ4v) is 2.86. The molecule has 4 heteroatoms. The quantitative estimate of drug-likeness (QED) is 0.782. The molecule has 1 fully saturated rings. The fraction of sp³-hybridized carbons (Fsp3) is 0.538. The van der Waals surface area contributed by atoms with Gasteiger partial charge in [0.15, 0.2) is 11.5 Å². The van der Waals surface area contributed by atoms with Gasteiger partial charge in [-0.25, -0.2) is 0 Å². The lowest BCUT2D eigenvalue weighted by Crippen LogP contribution is -1.97. The summed E-state index contributed by atoms with van der Waals surface area (Å²) in [7, 11) is 4.92. The van der Waals surface area contributed by atoms with Gasteiger partial charge in [-0.3, -0.25) is 0 Å². The van der Waals surface area contributed by atoms with Gasteiger partial charge in [0.1, 0.15) is 0 Å². The van der Waals surface area contributed by atoms with Crippen LogP contribution in [0.3, 0.4) is 0 Å². The number of hydrogen-bond donors (Lipinski definition) is 0. The third-order valence-electron chi connectivity index (χ3n) is 3.24. The number of methoxy groups -OCH3 is 3. The third kappa shape index (κ3) is 2.37. The van der Waals surface area contributed by atoms with Crippen LogP contribution in [0.25, 0.3) is 0 Å². The molecule has 0 amide bonds. The van der Waals surface area contributed by atoms with Gasteiger partial charge in [-0.1, -0.05) is 15.9 Å². The maximum Gasteiger partial charge on any atom is 0.203 e. The van der Waals surface area contributed by atoms with Gasteiger partial charge in [-0.05, 0) is 36.0 Å². The maximum absolute atomic E-state index is 5.35. The Morgan fingerprint density at radius 1 is 1.12 bits per heavy atom. The summed E-state index contributed by atoms with van der Waals surface area (Å²) in [5.41, 5.74) is 1.27. The van der Waals surface area contributed by atoms with E-state index in [1.807, 2.05) is 0 Å². The van der Waals surface area contributed by atoms with E-state index >= 15 is 0 Å². The van der Waals surface area contributed by atoms with Crippen molar-refractivity contribution in [1.82, 2.24) is 0 Å². The molecule has 0 bridgehead atoms. The summed E-state index contributed by atoms with van der Waals surface area (Å²) < 4.78 is 16.0. The van der Waals surface area contributed by atoms with E-state index in [0.29, 0.717) is 11.7 Å². The largest absolute Gasteiger partial charge is 0.493 e. The first-order valence-electron chi connectivity index (χ1n) is 5.61. The third-order valence-corrected chi connectivity index (χ3v) is 4.07. The molecule has 1 aromatic rings. The number of halogens is 1. The monoisotopic (exact) mass is 300 g/mol. The molecule has 94 valence electrons. The molecule has 1 saturated carbocycles. The van der Waals surface area contributed by atoms with Crippen LogP contribution in [0, 0.1) is 5.92 Å². The number of benzene rings is 1. The zero-order valence-corrected chi connectivity index (χ0v) is 11.9. The van der Waals surface area contributed by atoms with E-state index in [1.54, 1.807) is 21.3 Å². The molecular formula is C13H17BrO3. The number of ether oxygens (including phenoxy) is 3. The SMILES string of the molecule is COc1cc(C2CC2CBr)cc(OC)c1OC. The van der Waals surface area contributed by atoms with Crippen molar-refractivity contribution in [1.29, 1.82) is 0 Å². The second kappa shape index (κ2) is 5.17. The molecule has 1 aromatic carbocycles. The van der Waals surface area contributed by atoms with Gasteiger partial charge in [-0.15, -0.1) is 0 Å². The van der Waals surface area contributed by atoms with Gasteiger partial charge in [0.2, 0.25) is 5.75 Å². The molecule has 1 aliphatic carbocycles. The van der Waals surface area contributed by atoms with Crippen molar-refractivity contribution in [2.75, 3.05) is 26.7 Å². The first-order chi connectivity index (χ1) is 8.24. The lowest BCUT2D eigenvalue weighted by Gasteiger charge is -2.14. The minimum absolute atomic E-state index is 0.614. The van der Waals surface area contributed by atoms with Crippen LogP contribution in [-0.2, 0) is 0 Å². The van der Waals surface area contributed by atoms with Crippen LogP contribution < -0.4 is 14.2 Å². The highest BCUT2D eigenvalue weighted by molar-refractivity contribution is 9.09. The zero-order valence-electron chi connectivity index (χ0n) is 10.3. The highest BCUT2D eigenvalue weighted by Crippen LogP contribution is 2.51. The Hall–Kier alpha value is -0.900. The molecule has 0 heterocycles. The lowest BCUT2D eigenvalue weighted by molar-refractivity contribution is 0.323. The number of hydrogen-bond acceptors (Lipinski definition) is 3. The molecule has 2 rings (SSSR count). The smallest absolute Gasteiger partial charge is 0.203 e. The zero-order chi connectivity index (χ0) is 12.4. The molecule has 0 spiro atoms. The van der Waals surface area contributed by atoms with Crippen molar-refractivity contribution in [2.45, 2.75) is 12.3 Å². The maximum atomic E-state index is 5.35. The summed E-state index contributed by atoms with van der Waals surface area (Å²) in [5.74, 6) is 3.49. The van der Waals surface area contributed by atoms with Crippen molar-refractivity contribution in [3.63, 3.8) is 0 Å². The number of rotatable bonds is 5. The van der Waals surface area contributed by atoms with Crippen molar-refractivity contribution >= 4 is 15.9 Å². The second-order valence-corrected chi connectivity index (χ2v) is 4.86. The average molecular weight is 301 g/mol. The van der Waals surface area contributed by atoms with E-state index in [1.165, 1.54) is 12.0 Å². The normalized spacial score (nSPS) is 22.1. The Labute approximate surface area is 110 Å². The second-order valence-electron chi connectivity index (χ2n) is 4.22. The van der Waals surface area contributed by atoms with E-state index < -0.39 is 0 Å². The Balaban J connectivity index is 2.35. The van der Waals surface area contributed by atoms with Crippen LogP contribution in [-0.4, -0.2) is 26.7 Å². The highest BCUT2D eigenvalue weighted by atomic mass is 79.9. The van der Waals surface area contributed by atoms with Crippen molar-refractivity contribution in [3.8, 4) is 17.2 Å². The minimum Gasteiger partial charge on any atom is -0.493 e. The topological polar surface area (TPSA) is 27.7 Å². The van der Waals surface area contributed by atoms with Crippen LogP contribution in [0.1, 0.15) is 17.9 Å². The molecule has 2 unspecified atom stereocenters. The van der Waals surface area contributed by atoms with Crippen molar-refractivity contribution < 1.29 is 14.2 Å². The Kier molecular flexibility index (Phi) is 3.82. The molecule has 2 atom stereocenters. The summed E-state index contributed by atoms with van der Waals surface area (Å²) >= 11 is 3.53. The molecule has 0 radical (unpaired) electrons. The molecule has 1 aliphatic rings. The summed E-state index contributed by atoms with van der Waals surface area (Å²) in [5, 5.41) is 1.05. The predicted molar refractivity (Wildman–Crippen MR) is 70.7 cm³/mol. The van der Waals surface area contributed by atoms with Gasteiger partial charge in [0, 0.05) is 5.33 Å². The van der Waals surface area contributed by atoms with E-state index in [9.17, 15) is 0 Å². The van der Waals surface area contributed by atoms with E-state index in [-0.39, 0.29) is 0 Å². The minimum atomic E-state index is 0.614. The molecule has 3 nitrogen and oxygen atoms in total. The van der Waals surface area contributed by atoms with Gasteiger partial charge >= 0.3 is 0 Å². The summed E-state index contributed by atoms with van der Waals surface area (Å²) in [6, 6.07) is 4.10. The van der Waals surface area contributed by atoms with Crippen LogP contribution >= 0.6 is 15.9 Å². The summed E-state index contributed by atoms with van der Waals surface area (Å²) in [6.07, 6.45) is 1.23. The first kappa shape index (κ1) is 12.6. The Bertz CT molecular complexity index is 381. The van der Waals surface area contributed by atoms with E-state index in [0.717, 1.165) is 22.7 Å². The summed E-state index contributed by atoms with van der Waals surface area (Å²) in [6.45, 7) is 0. The van der Waals surface area contributed by atoms with Gasteiger partial charge in [-0.2, -0.15) is 0 Å². The average Bonchev–Trinajstić information content (AvgIpc) is 3.16. The number of alkyl halides is 1. The first-order valence-corrected chi connectivity index (χ1v) is 6.73. The van der Waals surface area contributed by atoms with Crippen LogP contribution in [0.2, 0.25) is 0 Å². The van der Waals surface area contributed by atoms with Gasteiger partial charge in [0.05, 0.1) is 21.3 Å². The highest BCUT2D eigenvalue weighted by Gasteiger charge is 2.38. The Morgan fingerprint density at radius 3 is 2.06 bits per heavy atom. The van der Waals surface area contributed by atoms with E-state index in [2.05, 4.69) is 28.1 Å². The van der Waals surface area contributed by atoms with E-state index in [4.69, 9.17) is 14.2 Å². The van der Waals surface area contributed by atoms with Gasteiger partial charge < -0.3 is 14.2 Å². The molecule has 0 aromatic heterocycles. The predicted octanol–water partition coefficient (Wildman–Crippen LogP) is 3.21. The van der Waals surface area contributed by atoms with Gasteiger partial charge in [0.25, 0.3) is 0 Å². The molecular weight excluding hydrogens is 284 g/mol. The van der Waals surface area contributed by atoms with Crippen molar-refractivity contribution in [3.05, 3.63) is 17.7 Å². The standard InChI is InChI=1S/C13H17BrO3/c1-15-11-5-8(10-4-9(10)7-14)6-12(16-2)13(11)17-3/h5-6,9-10H,4,7H2,1-3H3. The Morgan fingerprint density at radius 2 is 1.71 bits per heavy atom. The molecule has 0 N–H and O–H groups in total. The van der Waals surface area contributed by atoms with Crippen LogP contribution in [0.15, 0.2) is 12.1 Å². The van der Waals surface area contributed by atoms with Crippen molar-refractivity contribution in [2.24, 2.45) is 5.92 Å². The van der Waals surface area contributed by atoms with Crippen LogP contribution in [0.5, 0.6) is 17.2 Å².